The van der Waals surface area contributed by atoms with E-state index >= 15 is 0 Å². The molecule has 0 bridgehead atoms. The van der Waals surface area contributed by atoms with Gasteiger partial charge in [-0.15, -0.1) is 0 Å². The first kappa shape index (κ1) is 22.0. The van der Waals surface area contributed by atoms with Gasteiger partial charge in [0, 0.05) is 50.5 Å². The molecule has 2 saturated heterocycles. The summed E-state index contributed by atoms with van der Waals surface area (Å²) in [4.78, 5) is 42.4. The van der Waals surface area contributed by atoms with Gasteiger partial charge < -0.3 is 15.1 Å². The highest BCUT2D eigenvalue weighted by Gasteiger charge is 2.24. The predicted molar refractivity (Wildman–Crippen MR) is 120 cm³/mol. The summed E-state index contributed by atoms with van der Waals surface area (Å²) in [6.07, 6.45) is 1.80. The molecule has 4 rings (SSSR count). The van der Waals surface area contributed by atoms with Crippen LogP contribution in [0.5, 0.6) is 0 Å². The van der Waals surface area contributed by atoms with Crippen molar-refractivity contribution < 1.29 is 18.8 Å². The average molecular weight is 439 g/mol. The Hall–Kier alpha value is -3.26. The molecule has 32 heavy (non-hydrogen) atoms. The number of carbonyl (C=O) groups excluding carboxylic acids is 3. The Bertz CT molecular complexity index is 987. The maximum absolute atomic E-state index is 13.2. The summed E-state index contributed by atoms with van der Waals surface area (Å²) in [6, 6.07) is 13.4. The molecule has 0 aromatic heterocycles. The van der Waals surface area contributed by atoms with Crippen LogP contribution < -0.4 is 10.2 Å². The molecule has 2 aromatic rings. The molecule has 2 fully saturated rings. The zero-order valence-electron chi connectivity index (χ0n) is 17.9. The van der Waals surface area contributed by atoms with Crippen LogP contribution in [0.2, 0.25) is 0 Å². The monoisotopic (exact) mass is 438 g/mol. The van der Waals surface area contributed by atoms with Gasteiger partial charge >= 0.3 is 0 Å². The van der Waals surface area contributed by atoms with E-state index in [0.717, 1.165) is 24.2 Å². The standard InChI is InChI=1S/C24H27FN4O3/c25-19-3-1-4-20(16-19)26-22(30)17-27-11-13-28(14-12-27)24(32)15-18-6-8-21(9-7-18)29-10-2-5-23(29)31/h1,3-4,6-9,16H,2,5,10-15,17H2,(H,26,30). The van der Waals surface area contributed by atoms with Gasteiger partial charge in [0.05, 0.1) is 13.0 Å². The maximum Gasteiger partial charge on any atom is 0.238 e. The summed E-state index contributed by atoms with van der Waals surface area (Å²) in [7, 11) is 0. The third-order valence-electron chi connectivity index (χ3n) is 5.88. The van der Waals surface area contributed by atoms with Crippen LogP contribution in [0.3, 0.4) is 0 Å². The van der Waals surface area contributed by atoms with E-state index < -0.39 is 5.82 Å². The number of halogens is 1. The van der Waals surface area contributed by atoms with Crippen molar-refractivity contribution in [3.05, 3.63) is 59.9 Å². The fourth-order valence-electron chi connectivity index (χ4n) is 4.13. The van der Waals surface area contributed by atoms with Crippen molar-refractivity contribution in [1.29, 1.82) is 0 Å². The number of benzene rings is 2. The van der Waals surface area contributed by atoms with Gasteiger partial charge in [-0.1, -0.05) is 18.2 Å². The molecule has 168 valence electrons. The highest BCUT2D eigenvalue weighted by Crippen LogP contribution is 2.22. The van der Waals surface area contributed by atoms with Gasteiger partial charge in [-0.3, -0.25) is 19.3 Å². The number of rotatable bonds is 6. The molecule has 0 radical (unpaired) electrons. The molecule has 0 unspecified atom stereocenters. The zero-order chi connectivity index (χ0) is 22.5. The largest absolute Gasteiger partial charge is 0.340 e. The van der Waals surface area contributed by atoms with E-state index in [1.54, 1.807) is 17.0 Å². The third kappa shape index (κ3) is 5.50. The molecule has 1 N–H and O–H groups in total. The average Bonchev–Trinajstić information content (AvgIpc) is 3.20. The van der Waals surface area contributed by atoms with Crippen molar-refractivity contribution >= 4 is 29.1 Å². The van der Waals surface area contributed by atoms with Crippen LogP contribution in [0.15, 0.2) is 48.5 Å². The number of carbonyl (C=O) groups is 3. The lowest BCUT2D eigenvalue weighted by molar-refractivity contribution is -0.132. The lowest BCUT2D eigenvalue weighted by Crippen LogP contribution is -2.50. The number of piperazine rings is 1. The highest BCUT2D eigenvalue weighted by molar-refractivity contribution is 5.95. The van der Waals surface area contributed by atoms with Crippen LogP contribution in [0.25, 0.3) is 0 Å². The molecule has 3 amide bonds. The Morgan fingerprint density at radius 1 is 0.969 bits per heavy atom. The van der Waals surface area contributed by atoms with Crippen LogP contribution in [-0.4, -0.2) is 66.8 Å². The van der Waals surface area contributed by atoms with Crippen LogP contribution in [-0.2, 0) is 20.8 Å². The van der Waals surface area contributed by atoms with Crippen molar-refractivity contribution in [1.82, 2.24) is 9.80 Å². The molecule has 7 nitrogen and oxygen atoms in total. The van der Waals surface area contributed by atoms with E-state index in [1.807, 2.05) is 34.1 Å². The first-order valence-corrected chi connectivity index (χ1v) is 10.9. The number of nitrogens with zero attached hydrogens (tertiary/aromatic N) is 3. The molecule has 0 saturated carbocycles. The SMILES string of the molecule is O=C(CN1CCN(C(=O)Cc2ccc(N3CCCC3=O)cc2)CC1)Nc1cccc(F)c1. The summed E-state index contributed by atoms with van der Waals surface area (Å²) in [5.41, 5.74) is 2.24. The van der Waals surface area contributed by atoms with Gasteiger partial charge in [-0.2, -0.15) is 0 Å². The first-order chi connectivity index (χ1) is 15.5. The van der Waals surface area contributed by atoms with Crippen molar-refractivity contribution in [2.24, 2.45) is 0 Å². The normalized spacial score (nSPS) is 17.0. The van der Waals surface area contributed by atoms with Gasteiger partial charge in [-0.05, 0) is 42.3 Å². The molecule has 2 aliphatic rings. The smallest absolute Gasteiger partial charge is 0.238 e. The van der Waals surface area contributed by atoms with Gasteiger partial charge in [0.2, 0.25) is 17.7 Å². The molecule has 2 aromatic carbocycles. The van der Waals surface area contributed by atoms with Gasteiger partial charge in [0.15, 0.2) is 0 Å². The van der Waals surface area contributed by atoms with Crippen molar-refractivity contribution in [2.75, 3.05) is 49.5 Å². The minimum atomic E-state index is -0.394. The molecule has 8 heteroatoms. The maximum atomic E-state index is 13.2. The third-order valence-corrected chi connectivity index (χ3v) is 5.88. The molecule has 0 aliphatic carbocycles. The van der Waals surface area contributed by atoms with Crippen molar-refractivity contribution in [3.8, 4) is 0 Å². The van der Waals surface area contributed by atoms with Crippen LogP contribution in [0, 0.1) is 5.82 Å². The Balaban J connectivity index is 1.22. The number of hydrogen-bond acceptors (Lipinski definition) is 4. The first-order valence-electron chi connectivity index (χ1n) is 10.9. The Labute approximate surface area is 186 Å². The minimum Gasteiger partial charge on any atom is -0.340 e. The zero-order valence-corrected chi connectivity index (χ0v) is 17.9. The second-order valence-electron chi connectivity index (χ2n) is 8.21. The van der Waals surface area contributed by atoms with Crippen molar-refractivity contribution in [3.63, 3.8) is 0 Å². The summed E-state index contributed by atoms with van der Waals surface area (Å²) >= 11 is 0. The van der Waals surface area contributed by atoms with E-state index in [0.29, 0.717) is 44.7 Å². The van der Waals surface area contributed by atoms with Crippen molar-refractivity contribution in [2.45, 2.75) is 19.3 Å². The second-order valence-corrected chi connectivity index (χ2v) is 8.21. The Kier molecular flexibility index (Phi) is 6.80. The number of anilines is 2. The van der Waals surface area contributed by atoms with Crippen LogP contribution >= 0.6 is 0 Å². The fourth-order valence-corrected chi connectivity index (χ4v) is 4.13. The summed E-state index contributed by atoms with van der Waals surface area (Å²) in [5, 5.41) is 2.70. The molecular weight excluding hydrogens is 411 g/mol. The van der Waals surface area contributed by atoms with E-state index in [-0.39, 0.29) is 24.3 Å². The van der Waals surface area contributed by atoms with Gasteiger partial charge in [0.1, 0.15) is 5.82 Å². The quantitative estimate of drug-likeness (QED) is 0.751. The minimum absolute atomic E-state index is 0.0545. The van der Waals surface area contributed by atoms with Crippen LogP contribution in [0.1, 0.15) is 18.4 Å². The predicted octanol–water partition coefficient (Wildman–Crippen LogP) is 2.28. The summed E-state index contributed by atoms with van der Waals surface area (Å²) in [5.74, 6) is -0.392. The second kappa shape index (κ2) is 9.91. The lowest BCUT2D eigenvalue weighted by Gasteiger charge is -2.34. The Morgan fingerprint density at radius 3 is 2.38 bits per heavy atom. The lowest BCUT2D eigenvalue weighted by atomic mass is 10.1. The molecule has 0 atom stereocenters. The summed E-state index contributed by atoms with van der Waals surface area (Å²) in [6.45, 7) is 3.30. The van der Waals surface area contributed by atoms with E-state index in [4.69, 9.17) is 0 Å². The van der Waals surface area contributed by atoms with Gasteiger partial charge in [0.25, 0.3) is 0 Å². The van der Waals surface area contributed by atoms with Gasteiger partial charge in [-0.25, -0.2) is 4.39 Å². The topological polar surface area (TPSA) is 73.0 Å². The number of hydrogen-bond donors (Lipinski definition) is 1. The summed E-state index contributed by atoms with van der Waals surface area (Å²) < 4.78 is 13.2. The van der Waals surface area contributed by atoms with Crippen LogP contribution in [0.4, 0.5) is 15.8 Å². The number of amides is 3. The molecular formula is C24H27FN4O3. The highest BCUT2D eigenvalue weighted by atomic mass is 19.1. The molecule has 2 aliphatic heterocycles. The van der Waals surface area contributed by atoms with E-state index in [9.17, 15) is 18.8 Å². The Morgan fingerprint density at radius 2 is 1.72 bits per heavy atom. The molecule has 0 spiro atoms. The number of nitrogens with one attached hydrogen (secondary N) is 1. The fraction of sp³-hybridized carbons (Fsp3) is 0.375. The molecule has 2 heterocycles. The van der Waals surface area contributed by atoms with E-state index in [2.05, 4.69) is 5.32 Å². The van der Waals surface area contributed by atoms with E-state index in [1.165, 1.54) is 12.1 Å².